The van der Waals surface area contributed by atoms with Crippen molar-refractivity contribution in [2.45, 2.75) is 12.3 Å². The van der Waals surface area contributed by atoms with Crippen LogP contribution in [0.25, 0.3) is 0 Å². The number of nitrogens with zero attached hydrogens (tertiary/aromatic N) is 1. The minimum atomic E-state index is -3.15. The third kappa shape index (κ3) is 3.38. The smallest absolute Gasteiger partial charge is 0.169 e. The Morgan fingerprint density at radius 2 is 2.15 bits per heavy atom. The van der Waals surface area contributed by atoms with Crippen LogP contribution in [-0.4, -0.2) is 43.9 Å². The molecule has 0 radical (unpaired) electrons. The van der Waals surface area contributed by atoms with Crippen molar-refractivity contribution >= 4 is 49.0 Å². The summed E-state index contributed by atoms with van der Waals surface area (Å²) in [6.45, 7) is 2.19. The standard InChI is InChI=1S/C13H16BrNO3S2/c1-9(16)10-3-4-12(11(14)7-10)15-5-6-19-8-13(15)20(2,17)18/h3-4,7,13H,5-6,8H2,1-2H3. The van der Waals surface area contributed by atoms with Crippen molar-refractivity contribution in [3.05, 3.63) is 28.2 Å². The number of Topliss-reactive ketones (excluding diaryl/α,β-unsaturated/α-hetero) is 1. The van der Waals surface area contributed by atoms with E-state index in [9.17, 15) is 13.2 Å². The third-order valence-electron chi connectivity index (χ3n) is 3.24. The number of carbonyl (C=O) groups is 1. The van der Waals surface area contributed by atoms with Crippen LogP contribution < -0.4 is 4.90 Å². The lowest BCUT2D eigenvalue weighted by Gasteiger charge is -2.36. The van der Waals surface area contributed by atoms with E-state index in [1.165, 1.54) is 13.2 Å². The first-order chi connectivity index (χ1) is 9.30. The monoisotopic (exact) mass is 377 g/mol. The first kappa shape index (κ1) is 15.9. The first-order valence-corrected chi connectivity index (χ1v) is 10.0. The Hall–Kier alpha value is -0.530. The molecule has 1 aliphatic rings. The number of benzene rings is 1. The molecule has 1 fully saturated rings. The summed E-state index contributed by atoms with van der Waals surface area (Å²) in [5.74, 6) is 1.46. The number of hydrogen-bond donors (Lipinski definition) is 0. The molecule has 0 bridgehead atoms. The fraction of sp³-hybridized carbons (Fsp3) is 0.462. The van der Waals surface area contributed by atoms with Gasteiger partial charge in [0.25, 0.3) is 0 Å². The number of rotatable bonds is 3. The molecule has 1 unspecified atom stereocenters. The van der Waals surface area contributed by atoms with Gasteiger partial charge in [-0.15, -0.1) is 0 Å². The Labute approximate surface area is 132 Å². The molecular formula is C13H16BrNO3S2. The molecule has 1 heterocycles. The number of anilines is 1. The van der Waals surface area contributed by atoms with Crippen LogP contribution in [0.5, 0.6) is 0 Å². The van der Waals surface area contributed by atoms with Crippen molar-refractivity contribution in [2.75, 3.05) is 29.2 Å². The fourth-order valence-electron chi connectivity index (χ4n) is 2.17. The predicted molar refractivity (Wildman–Crippen MR) is 87.4 cm³/mol. The van der Waals surface area contributed by atoms with Gasteiger partial charge in [-0.1, -0.05) is 0 Å². The number of thioether (sulfide) groups is 1. The van der Waals surface area contributed by atoms with Crippen molar-refractivity contribution < 1.29 is 13.2 Å². The van der Waals surface area contributed by atoms with E-state index in [-0.39, 0.29) is 5.78 Å². The molecule has 1 saturated heterocycles. The second-order valence-corrected chi connectivity index (χ2v) is 8.98. The van der Waals surface area contributed by atoms with Crippen molar-refractivity contribution in [3.63, 3.8) is 0 Å². The van der Waals surface area contributed by atoms with Crippen LogP contribution in [0.15, 0.2) is 22.7 Å². The quantitative estimate of drug-likeness (QED) is 0.757. The summed E-state index contributed by atoms with van der Waals surface area (Å²) in [5, 5.41) is -0.513. The van der Waals surface area contributed by atoms with Crippen molar-refractivity contribution in [3.8, 4) is 0 Å². The maximum Gasteiger partial charge on any atom is 0.169 e. The van der Waals surface area contributed by atoms with Gasteiger partial charge in [-0.25, -0.2) is 8.42 Å². The normalized spacial score (nSPS) is 19.9. The van der Waals surface area contributed by atoms with Gasteiger partial charge in [-0.05, 0) is 41.1 Å². The third-order valence-corrected chi connectivity index (χ3v) is 6.52. The lowest BCUT2D eigenvalue weighted by atomic mass is 10.1. The summed E-state index contributed by atoms with van der Waals surface area (Å²) >= 11 is 5.10. The molecule has 1 atom stereocenters. The lowest BCUT2D eigenvalue weighted by Crippen LogP contribution is -2.47. The summed E-state index contributed by atoms with van der Waals surface area (Å²) in [4.78, 5) is 13.3. The van der Waals surface area contributed by atoms with E-state index >= 15 is 0 Å². The van der Waals surface area contributed by atoms with Crippen LogP contribution >= 0.6 is 27.7 Å². The van der Waals surface area contributed by atoms with Crippen LogP contribution in [0.4, 0.5) is 5.69 Å². The number of ketones is 1. The van der Waals surface area contributed by atoms with Gasteiger partial charge in [0.15, 0.2) is 15.6 Å². The van der Waals surface area contributed by atoms with E-state index in [1.54, 1.807) is 23.9 Å². The van der Waals surface area contributed by atoms with Crippen LogP contribution in [-0.2, 0) is 9.84 Å². The number of halogens is 1. The van der Waals surface area contributed by atoms with Crippen molar-refractivity contribution in [2.24, 2.45) is 0 Å². The molecule has 1 aromatic carbocycles. The lowest BCUT2D eigenvalue weighted by molar-refractivity contribution is 0.101. The topological polar surface area (TPSA) is 54.5 Å². The highest BCUT2D eigenvalue weighted by Gasteiger charge is 2.32. The zero-order valence-corrected chi connectivity index (χ0v) is 14.5. The van der Waals surface area contributed by atoms with Crippen LogP contribution in [0.2, 0.25) is 0 Å². The SMILES string of the molecule is CC(=O)c1ccc(N2CCSCC2S(C)(=O)=O)c(Br)c1. The average molecular weight is 378 g/mol. The van der Waals surface area contributed by atoms with Gasteiger partial charge >= 0.3 is 0 Å². The predicted octanol–water partition coefficient (Wildman–Crippen LogP) is 2.58. The molecule has 110 valence electrons. The molecule has 0 spiro atoms. The molecule has 7 heteroatoms. The van der Waals surface area contributed by atoms with Gasteiger partial charge < -0.3 is 4.90 Å². The number of hydrogen-bond acceptors (Lipinski definition) is 5. The van der Waals surface area contributed by atoms with E-state index in [2.05, 4.69) is 15.9 Å². The Bertz CT molecular complexity index is 631. The summed E-state index contributed by atoms with van der Waals surface area (Å²) in [5.41, 5.74) is 1.44. The van der Waals surface area contributed by atoms with Crippen molar-refractivity contribution in [1.82, 2.24) is 0 Å². The molecule has 20 heavy (non-hydrogen) atoms. The van der Waals surface area contributed by atoms with Gasteiger partial charge in [0, 0.05) is 34.3 Å². The summed E-state index contributed by atoms with van der Waals surface area (Å²) in [7, 11) is -3.15. The number of sulfone groups is 1. The zero-order valence-electron chi connectivity index (χ0n) is 11.3. The van der Waals surface area contributed by atoms with Gasteiger partial charge in [0.05, 0.1) is 5.69 Å². The molecular weight excluding hydrogens is 362 g/mol. The minimum Gasteiger partial charge on any atom is -0.353 e. The molecule has 0 aromatic heterocycles. The van der Waals surface area contributed by atoms with E-state index in [1.807, 2.05) is 11.0 Å². The maximum absolute atomic E-state index is 11.9. The van der Waals surface area contributed by atoms with Gasteiger partial charge in [0.1, 0.15) is 5.37 Å². The van der Waals surface area contributed by atoms with Gasteiger partial charge in [-0.2, -0.15) is 11.8 Å². The van der Waals surface area contributed by atoms with E-state index in [4.69, 9.17) is 0 Å². The Morgan fingerprint density at radius 1 is 1.45 bits per heavy atom. The first-order valence-electron chi connectivity index (χ1n) is 6.14. The van der Waals surface area contributed by atoms with Crippen LogP contribution in [0.1, 0.15) is 17.3 Å². The van der Waals surface area contributed by atoms with Crippen LogP contribution in [0, 0.1) is 0 Å². The van der Waals surface area contributed by atoms with Crippen molar-refractivity contribution in [1.29, 1.82) is 0 Å². The Morgan fingerprint density at radius 3 is 2.70 bits per heavy atom. The second kappa shape index (κ2) is 6.07. The number of carbonyl (C=O) groups excluding carboxylic acids is 1. The molecule has 4 nitrogen and oxygen atoms in total. The Kier molecular flexibility index (Phi) is 4.81. The highest BCUT2D eigenvalue weighted by atomic mass is 79.9. The molecule has 2 rings (SSSR count). The second-order valence-electron chi connectivity index (χ2n) is 4.77. The molecule has 0 saturated carbocycles. The fourth-order valence-corrected chi connectivity index (χ4v) is 5.61. The summed E-state index contributed by atoms with van der Waals surface area (Å²) < 4.78 is 24.6. The van der Waals surface area contributed by atoms with E-state index in [0.29, 0.717) is 17.9 Å². The maximum atomic E-state index is 11.9. The highest BCUT2D eigenvalue weighted by molar-refractivity contribution is 9.10. The molecule has 0 amide bonds. The van der Waals surface area contributed by atoms with E-state index in [0.717, 1.165) is 15.9 Å². The molecule has 1 aliphatic heterocycles. The summed E-state index contributed by atoms with van der Waals surface area (Å²) in [6, 6.07) is 5.30. The van der Waals surface area contributed by atoms with Gasteiger partial charge in [-0.3, -0.25) is 4.79 Å². The summed E-state index contributed by atoms with van der Waals surface area (Å²) in [6.07, 6.45) is 1.27. The van der Waals surface area contributed by atoms with E-state index < -0.39 is 15.2 Å². The highest BCUT2D eigenvalue weighted by Crippen LogP contribution is 2.33. The molecule has 0 aliphatic carbocycles. The molecule has 0 N–H and O–H groups in total. The largest absolute Gasteiger partial charge is 0.353 e. The average Bonchev–Trinajstić information content (AvgIpc) is 2.37. The minimum absolute atomic E-state index is 0.00823. The Balaban J connectivity index is 2.40. The molecule has 1 aromatic rings. The zero-order chi connectivity index (χ0) is 14.9. The van der Waals surface area contributed by atoms with Crippen LogP contribution in [0.3, 0.4) is 0 Å². The van der Waals surface area contributed by atoms with Gasteiger partial charge in [0.2, 0.25) is 0 Å².